The standard InChI is InChI=1S/C54H88N4O13S.CH2O2/c1-14-42-54(10,64)46(60)36(6)58(26-18-25-55-51(72)56-39-21-23-40(24-22-39)66-31-38-19-16-15-17-20-38)30-32(2)28-52(8,63)48(71-50-44(59)41(57(11)12)27-33(3)67-50)34(4)45(35(5)49(62)69-42)70-43-29-53(9,65-13)47(61)37(7)68-43;2-1-3/h15-17,19-24,32-37,41-48,50,59-61,63-64H,14,18,25-31H2,1-13H3,(H2,55,56,72);1H,(H,2,3)/t32-,33-,34+,35-,36-,37+,41+,42-,43+,44-,45+,46-,47+,48-,50+,52-,53-,54-;/m1./s1. The van der Waals surface area contributed by atoms with Gasteiger partial charge in [-0.1, -0.05) is 51.1 Å². The monoisotopic (exact) mass is 1080 g/mol. The molecule has 8 N–H and O–H groups in total. The van der Waals surface area contributed by atoms with Gasteiger partial charge in [-0.15, -0.1) is 0 Å². The van der Waals surface area contributed by atoms with Crippen molar-refractivity contribution in [1.29, 1.82) is 0 Å². The number of hydrogen-bond acceptors (Lipinski definition) is 17. The predicted molar refractivity (Wildman–Crippen MR) is 288 cm³/mol. The number of anilines is 1. The van der Waals surface area contributed by atoms with E-state index in [-0.39, 0.29) is 43.8 Å². The molecular weight excluding hydrogens is 989 g/mol. The maximum Gasteiger partial charge on any atom is 0.311 e. The number of aliphatic hydroxyl groups excluding tert-OH is 3. The van der Waals surface area contributed by atoms with Crippen LogP contribution < -0.4 is 15.4 Å². The van der Waals surface area contributed by atoms with Crippen LogP contribution in [0.3, 0.4) is 0 Å². The number of carbonyl (C=O) groups is 2. The number of cyclic esters (lactones) is 1. The van der Waals surface area contributed by atoms with E-state index >= 15 is 0 Å². The lowest BCUT2D eigenvalue weighted by molar-refractivity contribution is -0.318. The normalized spacial score (nSPS) is 37.4. The molecule has 3 aliphatic rings. The van der Waals surface area contributed by atoms with E-state index in [1.165, 1.54) is 14.0 Å². The largest absolute Gasteiger partial charge is 0.489 e. The second-order valence-electron chi connectivity index (χ2n) is 21.9. The molecule has 5 rings (SSSR count). The molecule has 18 atom stereocenters. The summed E-state index contributed by atoms with van der Waals surface area (Å²) in [7, 11) is 5.28. The molecule has 19 nitrogen and oxygen atoms in total. The Hall–Kier alpha value is -3.61. The lowest BCUT2D eigenvalue weighted by atomic mass is 9.77. The number of rotatable bonds is 15. The first kappa shape index (κ1) is 63.9. The van der Waals surface area contributed by atoms with Crippen LogP contribution in [-0.2, 0) is 44.6 Å². The highest BCUT2D eigenvalue weighted by atomic mass is 32.1. The topological polar surface area (TPSA) is 251 Å². The van der Waals surface area contributed by atoms with Gasteiger partial charge in [-0.05, 0) is 136 Å². The number of likely N-dealkylation sites (N-methyl/N-ethyl adjacent to an activating group) is 1. The van der Waals surface area contributed by atoms with Crippen LogP contribution in [0.15, 0.2) is 54.6 Å². The van der Waals surface area contributed by atoms with Gasteiger partial charge in [0.25, 0.3) is 6.47 Å². The van der Waals surface area contributed by atoms with Crippen molar-refractivity contribution in [3.63, 3.8) is 0 Å². The van der Waals surface area contributed by atoms with E-state index in [2.05, 4.69) is 15.5 Å². The third-order valence-corrected chi connectivity index (χ3v) is 15.5. The first-order chi connectivity index (χ1) is 35.2. The minimum absolute atomic E-state index is 0.106. The quantitative estimate of drug-likeness (QED) is 0.0510. The molecule has 2 aromatic rings. The molecule has 3 saturated heterocycles. The Kier molecular flexibility index (Phi) is 24.6. The summed E-state index contributed by atoms with van der Waals surface area (Å²) >= 11 is 5.66. The van der Waals surface area contributed by atoms with Crippen molar-refractivity contribution >= 4 is 35.5 Å². The summed E-state index contributed by atoms with van der Waals surface area (Å²) in [6.07, 6.45) is -8.30. The van der Waals surface area contributed by atoms with Crippen LogP contribution >= 0.6 is 12.2 Å². The van der Waals surface area contributed by atoms with E-state index in [0.717, 1.165) is 17.0 Å². The maximum atomic E-state index is 14.6. The van der Waals surface area contributed by atoms with Crippen molar-refractivity contribution in [1.82, 2.24) is 15.1 Å². The molecule has 0 radical (unpaired) electrons. The van der Waals surface area contributed by atoms with Gasteiger partial charge in [-0.3, -0.25) is 14.5 Å². The molecule has 426 valence electrons. The molecule has 75 heavy (non-hydrogen) atoms. The first-order valence-electron chi connectivity index (χ1n) is 26.4. The Labute approximate surface area is 450 Å². The summed E-state index contributed by atoms with van der Waals surface area (Å²) in [4.78, 5) is 27.0. The van der Waals surface area contributed by atoms with Crippen LogP contribution in [0.5, 0.6) is 5.75 Å². The van der Waals surface area contributed by atoms with Gasteiger partial charge >= 0.3 is 5.97 Å². The highest BCUT2D eigenvalue weighted by Crippen LogP contribution is 2.40. The molecule has 0 spiro atoms. The molecule has 0 aromatic heterocycles. The molecule has 0 amide bonds. The molecule has 3 heterocycles. The summed E-state index contributed by atoms with van der Waals surface area (Å²) in [6.45, 7) is 19.2. The Balaban J connectivity index is 0.00000396. The summed E-state index contributed by atoms with van der Waals surface area (Å²) in [5.74, 6) is -2.09. The summed E-state index contributed by atoms with van der Waals surface area (Å²) in [6, 6.07) is 16.6. The van der Waals surface area contributed by atoms with Crippen LogP contribution in [0.2, 0.25) is 0 Å². The molecule has 3 aliphatic heterocycles. The molecule has 2 aromatic carbocycles. The Morgan fingerprint density at radius 1 is 0.933 bits per heavy atom. The predicted octanol–water partition coefficient (Wildman–Crippen LogP) is 4.93. The van der Waals surface area contributed by atoms with Gasteiger partial charge in [-0.25, -0.2) is 0 Å². The zero-order chi connectivity index (χ0) is 56.0. The van der Waals surface area contributed by atoms with E-state index in [9.17, 15) is 30.3 Å². The second kappa shape index (κ2) is 28.8. The zero-order valence-electron chi connectivity index (χ0n) is 46.5. The highest BCUT2D eigenvalue weighted by Gasteiger charge is 2.53. The smallest absolute Gasteiger partial charge is 0.311 e. The van der Waals surface area contributed by atoms with Gasteiger partial charge < -0.3 is 79.3 Å². The Morgan fingerprint density at radius 3 is 2.17 bits per heavy atom. The number of hydrogen-bond donors (Lipinski definition) is 8. The minimum atomic E-state index is -1.90. The van der Waals surface area contributed by atoms with Crippen LogP contribution in [0, 0.1) is 17.8 Å². The van der Waals surface area contributed by atoms with Gasteiger partial charge in [0.05, 0.1) is 41.5 Å². The molecule has 20 heteroatoms. The van der Waals surface area contributed by atoms with E-state index < -0.39 is 96.0 Å². The number of ether oxygens (including phenoxy) is 7. The molecule has 0 saturated carbocycles. The van der Waals surface area contributed by atoms with Gasteiger partial charge in [-0.2, -0.15) is 0 Å². The number of carboxylic acid groups (broad SMARTS) is 1. The van der Waals surface area contributed by atoms with Gasteiger partial charge in [0.15, 0.2) is 17.7 Å². The third-order valence-electron chi connectivity index (χ3n) is 15.3. The molecular formula is C55H90N4O15S. The van der Waals surface area contributed by atoms with Gasteiger partial charge in [0.1, 0.15) is 42.4 Å². The van der Waals surface area contributed by atoms with Crippen LogP contribution in [-0.4, -0.2) is 189 Å². The van der Waals surface area contributed by atoms with Gasteiger partial charge in [0, 0.05) is 56.9 Å². The number of nitrogens with one attached hydrogen (secondary N) is 2. The van der Waals surface area contributed by atoms with Crippen molar-refractivity contribution in [3.8, 4) is 5.75 Å². The highest BCUT2D eigenvalue weighted by molar-refractivity contribution is 7.80. The fourth-order valence-electron chi connectivity index (χ4n) is 10.9. The lowest BCUT2D eigenvalue weighted by Crippen LogP contribution is -2.60. The molecule has 3 fully saturated rings. The van der Waals surface area contributed by atoms with Gasteiger partial charge in [0.2, 0.25) is 0 Å². The van der Waals surface area contributed by atoms with E-state index in [1.807, 2.05) is 101 Å². The van der Waals surface area contributed by atoms with Crippen LogP contribution in [0.4, 0.5) is 5.69 Å². The second-order valence-corrected chi connectivity index (χ2v) is 22.3. The van der Waals surface area contributed by atoms with Crippen molar-refractivity contribution in [2.75, 3.05) is 46.2 Å². The number of esters is 1. The molecule has 0 unspecified atom stereocenters. The van der Waals surface area contributed by atoms with E-state index in [1.54, 1.807) is 34.6 Å². The molecule has 0 bridgehead atoms. The third kappa shape index (κ3) is 17.4. The average molecular weight is 1080 g/mol. The first-order valence-corrected chi connectivity index (χ1v) is 26.8. The number of benzene rings is 2. The summed E-state index contributed by atoms with van der Waals surface area (Å²) in [5.41, 5.74) is -2.73. The summed E-state index contributed by atoms with van der Waals surface area (Å²) in [5, 5.41) is 74.0. The molecule has 0 aliphatic carbocycles. The average Bonchev–Trinajstić information content (AvgIpc) is 3.36. The number of nitrogens with zero attached hydrogens (tertiary/aromatic N) is 2. The van der Waals surface area contributed by atoms with E-state index in [4.69, 9.17) is 55.3 Å². The maximum absolute atomic E-state index is 14.6. The van der Waals surface area contributed by atoms with Crippen molar-refractivity contribution in [3.05, 3.63) is 60.2 Å². The van der Waals surface area contributed by atoms with Crippen molar-refractivity contribution in [2.24, 2.45) is 17.8 Å². The number of aliphatic hydroxyl groups is 5. The SMILES string of the molecule is CC[C@H]1OC(=O)[C@H](C)[C@@H](O[C@H]2C[C@@](C)(OC)[C@@H](O)[C@H](C)O2)[C@H](C)[C@@H](O[C@@H]2O[C@H](C)C[C@H](N(C)C)[C@H]2O)[C@](C)(O)C[C@@H](C)CN(CCCNC(=S)Nc2ccc(OCc3ccccc3)cc2)[C@H](C)[C@@H](O)[C@]1(C)O.O=CO. The number of methoxy groups -OCH3 is 1. The fraction of sp³-hybridized carbons (Fsp3) is 0.727. The van der Waals surface area contributed by atoms with Crippen LogP contribution in [0.25, 0.3) is 0 Å². The van der Waals surface area contributed by atoms with Crippen LogP contribution in [0.1, 0.15) is 107 Å². The van der Waals surface area contributed by atoms with E-state index in [0.29, 0.717) is 44.2 Å². The summed E-state index contributed by atoms with van der Waals surface area (Å²) < 4.78 is 44.1. The fourth-order valence-corrected chi connectivity index (χ4v) is 11.2. The number of carbonyl (C=O) groups excluding carboxylic acids is 1. The lowest BCUT2D eigenvalue weighted by Gasteiger charge is -2.48. The Morgan fingerprint density at radius 2 is 1.57 bits per heavy atom. The van der Waals surface area contributed by atoms with Crippen molar-refractivity contribution < 1.29 is 73.4 Å². The van der Waals surface area contributed by atoms with Crippen molar-refractivity contribution in [2.45, 2.75) is 198 Å². The zero-order valence-corrected chi connectivity index (χ0v) is 47.3. The number of thiocarbonyl (C=S) groups is 1. The Bertz CT molecular complexity index is 2040. The minimum Gasteiger partial charge on any atom is -0.489 e.